The van der Waals surface area contributed by atoms with Gasteiger partial charge < -0.3 is 14.2 Å². The van der Waals surface area contributed by atoms with Crippen molar-refractivity contribution < 1.29 is 19.0 Å². The summed E-state index contributed by atoms with van der Waals surface area (Å²) in [4.78, 5) is 12.0. The molecule has 1 aliphatic carbocycles. The van der Waals surface area contributed by atoms with E-state index in [0.717, 1.165) is 58.4 Å². The lowest BCUT2D eigenvalue weighted by atomic mass is 9.85. The first-order chi connectivity index (χ1) is 13.1. The zero-order valence-electron chi connectivity index (χ0n) is 15.4. The van der Waals surface area contributed by atoms with Gasteiger partial charge in [-0.25, -0.2) is 0 Å². The summed E-state index contributed by atoms with van der Waals surface area (Å²) in [6.07, 6.45) is 2.65. The summed E-state index contributed by atoms with van der Waals surface area (Å²) in [6.45, 7) is 1.58. The van der Waals surface area contributed by atoms with E-state index >= 15 is 0 Å². The van der Waals surface area contributed by atoms with Gasteiger partial charge in [-0.2, -0.15) is 0 Å². The second-order valence-corrected chi connectivity index (χ2v) is 7.14. The predicted octanol–water partition coefficient (Wildman–Crippen LogP) is 5.01. The summed E-state index contributed by atoms with van der Waals surface area (Å²) in [6, 6.07) is 15.6. The number of ether oxygens (including phenoxy) is 3. The van der Waals surface area contributed by atoms with E-state index in [-0.39, 0.29) is 5.78 Å². The molecular formula is C23H20O4. The van der Waals surface area contributed by atoms with Crippen LogP contribution in [0.25, 0.3) is 10.8 Å². The van der Waals surface area contributed by atoms with Crippen LogP contribution in [-0.4, -0.2) is 12.9 Å². The summed E-state index contributed by atoms with van der Waals surface area (Å²) in [5.41, 5.74) is 2.85. The molecule has 3 aromatic carbocycles. The maximum atomic E-state index is 12.0. The van der Waals surface area contributed by atoms with E-state index in [1.54, 1.807) is 14.0 Å². The Balaban J connectivity index is 1.72. The van der Waals surface area contributed by atoms with Gasteiger partial charge in [-0.05, 0) is 49.4 Å². The topological polar surface area (TPSA) is 44.8 Å². The van der Waals surface area contributed by atoms with Crippen LogP contribution in [0.4, 0.5) is 0 Å². The van der Waals surface area contributed by atoms with E-state index in [9.17, 15) is 4.79 Å². The highest BCUT2D eigenvalue weighted by Crippen LogP contribution is 2.50. The van der Waals surface area contributed by atoms with Crippen LogP contribution in [0.5, 0.6) is 17.2 Å². The molecular weight excluding hydrogens is 340 g/mol. The van der Waals surface area contributed by atoms with Crippen molar-refractivity contribution >= 4 is 16.6 Å². The lowest BCUT2D eigenvalue weighted by Crippen LogP contribution is -2.44. The zero-order chi connectivity index (χ0) is 18.6. The van der Waals surface area contributed by atoms with Gasteiger partial charge in [0.1, 0.15) is 17.2 Å². The third kappa shape index (κ3) is 2.26. The normalized spacial score (nSPS) is 19.9. The molecule has 0 saturated heterocycles. The average molecular weight is 360 g/mol. The number of carbonyl (C=O) groups is 1. The summed E-state index contributed by atoms with van der Waals surface area (Å²) in [5, 5.41) is 1.74. The van der Waals surface area contributed by atoms with Crippen LogP contribution in [0.1, 0.15) is 41.3 Å². The van der Waals surface area contributed by atoms with Crippen molar-refractivity contribution in [3.8, 4) is 17.2 Å². The predicted molar refractivity (Wildman–Crippen MR) is 103 cm³/mol. The molecule has 2 aliphatic rings. The van der Waals surface area contributed by atoms with Gasteiger partial charge in [0.25, 0.3) is 5.79 Å². The van der Waals surface area contributed by atoms with Crippen molar-refractivity contribution in [3.63, 3.8) is 0 Å². The molecule has 0 radical (unpaired) electrons. The van der Waals surface area contributed by atoms with Gasteiger partial charge in [0.2, 0.25) is 0 Å². The van der Waals surface area contributed by atoms with E-state index in [2.05, 4.69) is 6.07 Å². The van der Waals surface area contributed by atoms with Crippen LogP contribution in [0.2, 0.25) is 0 Å². The van der Waals surface area contributed by atoms with Crippen molar-refractivity contribution in [1.82, 2.24) is 0 Å². The highest BCUT2D eigenvalue weighted by Gasteiger charge is 2.45. The van der Waals surface area contributed by atoms with Crippen LogP contribution < -0.4 is 14.2 Å². The first-order valence-corrected chi connectivity index (χ1v) is 9.24. The minimum atomic E-state index is -0.860. The molecule has 1 heterocycles. The minimum absolute atomic E-state index is 0.0340. The average Bonchev–Trinajstić information content (AvgIpc) is 2.68. The number of fused-ring (bicyclic) bond motifs is 2. The van der Waals surface area contributed by atoms with Gasteiger partial charge in [-0.15, -0.1) is 0 Å². The van der Waals surface area contributed by atoms with Crippen LogP contribution in [0.15, 0.2) is 48.5 Å². The zero-order valence-corrected chi connectivity index (χ0v) is 15.4. The van der Waals surface area contributed by atoms with Gasteiger partial charge in [0.05, 0.1) is 12.5 Å². The van der Waals surface area contributed by atoms with Crippen molar-refractivity contribution in [1.29, 1.82) is 0 Å². The monoisotopic (exact) mass is 360 g/mol. The molecule has 0 aromatic heterocycles. The van der Waals surface area contributed by atoms with E-state index in [0.29, 0.717) is 5.56 Å². The Morgan fingerprint density at radius 3 is 2.59 bits per heavy atom. The number of hydrogen-bond acceptors (Lipinski definition) is 4. The molecule has 1 spiro atoms. The fourth-order valence-corrected chi connectivity index (χ4v) is 4.41. The molecule has 0 saturated carbocycles. The third-order valence-electron chi connectivity index (χ3n) is 5.59. The molecule has 1 unspecified atom stereocenters. The first kappa shape index (κ1) is 16.2. The highest BCUT2D eigenvalue weighted by atomic mass is 16.7. The third-order valence-corrected chi connectivity index (χ3v) is 5.59. The van der Waals surface area contributed by atoms with E-state index < -0.39 is 5.79 Å². The molecule has 1 atom stereocenters. The first-order valence-electron chi connectivity index (χ1n) is 9.24. The maximum absolute atomic E-state index is 12.0. The second-order valence-electron chi connectivity index (χ2n) is 7.14. The Morgan fingerprint density at radius 2 is 1.81 bits per heavy atom. The number of benzene rings is 3. The van der Waals surface area contributed by atoms with E-state index in [1.807, 2.05) is 42.5 Å². The summed E-state index contributed by atoms with van der Waals surface area (Å²) in [5.74, 6) is 1.56. The standard InChI is InChI=1S/C23H20O4/c1-14(24)15-11-12-21-22-16(15)6-3-10-20(22)26-23(27-21)13-5-7-17-18(23)8-4-9-19(17)25-2/h3-4,6,8-12H,5,7,13H2,1-2H3. The van der Waals surface area contributed by atoms with Crippen LogP contribution in [0, 0.1) is 0 Å². The Kier molecular flexibility index (Phi) is 3.44. The number of Topliss-reactive ketones (excluding diaryl/α,β-unsaturated/α-hetero) is 1. The van der Waals surface area contributed by atoms with Crippen molar-refractivity contribution in [2.45, 2.75) is 32.0 Å². The van der Waals surface area contributed by atoms with Gasteiger partial charge in [0.15, 0.2) is 5.78 Å². The minimum Gasteiger partial charge on any atom is -0.496 e. The Hall–Kier alpha value is -3.01. The van der Waals surface area contributed by atoms with Gasteiger partial charge in [0, 0.05) is 23.1 Å². The summed E-state index contributed by atoms with van der Waals surface area (Å²) in [7, 11) is 1.69. The second kappa shape index (κ2) is 5.74. The molecule has 3 aromatic rings. The fraction of sp³-hybridized carbons (Fsp3) is 0.261. The maximum Gasteiger partial charge on any atom is 0.278 e. The summed E-state index contributed by atoms with van der Waals surface area (Å²) < 4.78 is 18.6. The molecule has 4 nitrogen and oxygen atoms in total. The quantitative estimate of drug-likeness (QED) is 0.603. The number of rotatable bonds is 2. The molecule has 0 fully saturated rings. The summed E-state index contributed by atoms with van der Waals surface area (Å²) >= 11 is 0. The number of carbonyl (C=O) groups excluding carboxylic acids is 1. The Bertz CT molecular complexity index is 1070. The van der Waals surface area contributed by atoms with Crippen LogP contribution in [-0.2, 0) is 12.2 Å². The van der Waals surface area contributed by atoms with Gasteiger partial charge >= 0.3 is 0 Å². The number of methoxy groups -OCH3 is 1. The molecule has 5 rings (SSSR count). The largest absolute Gasteiger partial charge is 0.496 e. The SMILES string of the molecule is COc1cccc2c1CCCC21Oc2cccc3c(C(C)=O)ccc(c23)O1. The number of ketones is 1. The van der Waals surface area contributed by atoms with Crippen molar-refractivity contribution in [3.05, 3.63) is 65.2 Å². The van der Waals surface area contributed by atoms with Crippen LogP contribution in [0.3, 0.4) is 0 Å². The molecule has 0 bridgehead atoms. The van der Waals surface area contributed by atoms with E-state index in [1.165, 1.54) is 0 Å². The molecule has 136 valence electrons. The van der Waals surface area contributed by atoms with Crippen molar-refractivity contribution in [2.24, 2.45) is 0 Å². The fourth-order valence-electron chi connectivity index (χ4n) is 4.41. The molecule has 4 heteroatoms. The van der Waals surface area contributed by atoms with E-state index in [4.69, 9.17) is 14.2 Å². The highest BCUT2D eigenvalue weighted by molar-refractivity contribution is 6.10. The molecule has 0 amide bonds. The molecule has 0 N–H and O–H groups in total. The number of hydrogen-bond donors (Lipinski definition) is 0. The smallest absolute Gasteiger partial charge is 0.278 e. The molecule has 27 heavy (non-hydrogen) atoms. The van der Waals surface area contributed by atoms with Crippen molar-refractivity contribution in [2.75, 3.05) is 7.11 Å². The Labute approximate surface area is 157 Å². The lowest BCUT2D eigenvalue weighted by molar-refractivity contribution is -0.138. The lowest BCUT2D eigenvalue weighted by Gasteiger charge is -2.42. The Morgan fingerprint density at radius 1 is 1.04 bits per heavy atom. The van der Waals surface area contributed by atoms with Crippen LogP contribution >= 0.6 is 0 Å². The molecule has 1 aliphatic heterocycles. The van der Waals surface area contributed by atoms with Gasteiger partial charge in [-0.1, -0.05) is 24.3 Å². The van der Waals surface area contributed by atoms with Gasteiger partial charge in [-0.3, -0.25) is 4.79 Å².